The Hall–Kier alpha value is -4.50. The van der Waals surface area contributed by atoms with E-state index in [9.17, 15) is 14.4 Å². The lowest BCUT2D eigenvalue weighted by Crippen LogP contribution is -2.42. The Kier molecular flexibility index (Phi) is 5.31. The second-order valence-electron chi connectivity index (χ2n) is 9.87. The number of hydrogen-bond donors (Lipinski definition) is 1. The summed E-state index contributed by atoms with van der Waals surface area (Å²) in [6.07, 6.45) is 2.26. The van der Waals surface area contributed by atoms with Crippen LogP contribution in [0.3, 0.4) is 0 Å². The highest BCUT2D eigenvalue weighted by atomic mass is 19.1. The van der Waals surface area contributed by atoms with E-state index in [-0.39, 0.29) is 27.6 Å². The number of aromatic nitrogens is 1. The van der Waals surface area contributed by atoms with Crippen LogP contribution in [0, 0.1) is 5.82 Å². The molecular weight excluding hydrogens is 501 g/mol. The lowest BCUT2D eigenvalue weighted by atomic mass is 10.1. The summed E-state index contributed by atoms with van der Waals surface area (Å²) < 4.78 is 28.9. The van der Waals surface area contributed by atoms with Gasteiger partial charge in [0.2, 0.25) is 5.43 Å². The first kappa shape index (κ1) is 23.6. The number of hydrogen-bond acceptors (Lipinski definition) is 6. The first-order valence-corrected chi connectivity index (χ1v) is 13.0. The number of ether oxygens (including phenoxy) is 1. The van der Waals surface area contributed by atoms with E-state index in [1.807, 2.05) is 31.2 Å². The highest BCUT2D eigenvalue weighted by molar-refractivity contribution is 6.15. The summed E-state index contributed by atoms with van der Waals surface area (Å²) >= 11 is 0. The lowest BCUT2D eigenvalue weighted by Gasteiger charge is -2.27. The van der Waals surface area contributed by atoms with Crippen molar-refractivity contribution >= 4 is 60.7 Å². The van der Waals surface area contributed by atoms with Gasteiger partial charge in [0, 0.05) is 36.6 Å². The third-order valence-electron chi connectivity index (χ3n) is 7.55. The summed E-state index contributed by atoms with van der Waals surface area (Å²) in [4.78, 5) is 41.9. The molecule has 0 radical (unpaired) electrons. The van der Waals surface area contributed by atoms with E-state index in [1.54, 1.807) is 21.4 Å². The minimum atomic E-state index is -0.654. The monoisotopic (exact) mass is 525 g/mol. The molecule has 0 saturated carbocycles. The fourth-order valence-electron chi connectivity index (χ4n) is 5.64. The van der Waals surface area contributed by atoms with Gasteiger partial charge in [-0.1, -0.05) is 31.2 Å². The van der Waals surface area contributed by atoms with Gasteiger partial charge in [-0.25, -0.2) is 4.39 Å². The molecule has 1 amide bonds. The van der Waals surface area contributed by atoms with Crippen molar-refractivity contribution in [3.05, 3.63) is 80.5 Å². The molecule has 39 heavy (non-hydrogen) atoms. The van der Waals surface area contributed by atoms with Gasteiger partial charge in [0.05, 0.1) is 24.1 Å². The first-order chi connectivity index (χ1) is 19.0. The molecule has 196 valence electrons. The van der Waals surface area contributed by atoms with Gasteiger partial charge in [-0.05, 0) is 35.4 Å². The van der Waals surface area contributed by atoms with Crippen LogP contribution in [0.2, 0.25) is 0 Å². The number of carbonyl (C=O) groups excluding carboxylic acids is 1. The highest BCUT2D eigenvalue weighted by Crippen LogP contribution is 2.36. The second kappa shape index (κ2) is 8.78. The molecule has 4 aromatic carbocycles. The molecule has 0 atom stereocenters. The molecule has 3 heterocycles. The summed E-state index contributed by atoms with van der Waals surface area (Å²) in [6.45, 7) is 3.94. The molecule has 1 aliphatic rings. The Balaban J connectivity index is 1.63. The van der Waals surface area contributed by atoms with Crippen molar-refractivity contribution in [2.45, 2.75) is 13.3 Å². The van der Waals surface area contributed by atoms with Crippen molar-refractivity contribution in [3.63, 3.8) is 0 Å². The molecule has 8 nitrogen and oxygen atoms in total. The van der Waals surface area contributed by atoms with E-state index in [0.29, 0.717) is 60.2 Å². The van der Waals surface area contributed by atoms with Gasteiger partial charge in [-0.15, -0.1) is 0 Å². The molecule has 9 heteroatoms. The zero-order chi connectivity index (χ0) is 26.8. The summed E-state index contributed by atoms with van der Waals surface area (Å²) in [5.74, 6) is -1.09. The number of morpholine rings is 1. The number of pyridine rings is 1. The highest BCUT2D eigenvalue weighted by Gasteiger charge is 2.26. The van der Waals surface area contributed by atoms with Crippen molar-refractivity contribution in [2.24, 2.45) is 0 Å². The van der Waals surface area contributed by atoms with E-state index in [2.05, 4.69) is 5.32 Å². The van der Waals surface area contributed by atoms with Gasteiger partial charge >= 0.3 is 0 Å². The third kappa shape index (κ3) is 3.43. The summed E-state index contributed by atoms with van der Waals surface area (Å²) in [5.41, 5.74) is 0.796. The maximum Gasteiger partial charge on any atom is 0.259 e. The first-order valence-electron chi connectivity index (χ1n) is 13.0. The zero-order valence-electron chi connectivity index (χ0n) is 21.2. The van der Waals surface area contributed by atoms with Crippen LogP contribution in [0.4, 0.5) is 10.1 Å². The fourth-order valence-corrected chi connectivity index (χ4v) is 5.64. The number of nitrogens with one attached hydrogen (secondary N) is 1. The van der Waals surface area contributed by atoms with E-state index in [1.165, 1.54) is 12.3 Å². The molecular formula is C30H24FN3O5. The van der Waals surface area contributed by atoms with Crippen molar-refractivity contribution in [1.82, 2.24) is 9.30 Å². The van der Waals surface area contributed by atoms with Gasteiger partial charge in [-0.3, -0.25) is 14.4 Å². The SMILES string of the molecule is CCCNc1c(F)cc2c(=O)c(C(=O)N3CCOCC3)cn3c4cc5c(cc4oc1c23)c(=O)c1ccccc15. The standard InChI is InChI=1S/C30H24FN3O5/c1-2-7-32-25-22(31)12-20-26-29(25)39-24-14-19-18(16-5-3-4-6-17(16)27(19)35)13-23(24)34(26)15-21(28(20)36)30(37)33-8-10-38-11-9-33/h3-6,12-15,32H,2,7-11H2,1H3. The molecule has 1 fully saturated rings. The van der Waals surface area contributed by atoms with Crippen molar-refractivity contribution in [1.29, 1.82) is 0 Å². The van der Waals surface area contributed by atoms with Gasteiger partial charge in [0.1, 0.15) is 16.8 Å². The maximum atomic E-state index is 15.5. The van der Waals surface area contributed by atoms with Crippen LogP contribution in [0.25, 0.3) is 49.1 Å². The molecule has 7 rings (SSSR count). The van der Waals surface area contributed by atoms with Crippen LogP contribution in [-0.4, -0.2) is 48.1 Å². The summed E-state index contributed by atoms with van der Waals surface area (Å²) in [7, 11) is 0. The zero-order valence-corrected chi connectivity index (χ0v) is 21.2. The Morgan fingerprint density at radius 1 is 0.974 bits per heavy atom. The van der Waals surface area contributed by atoms with E-state index in [4.69, 9.17) is 9.15 Å². The summed E-state index contributed by atoms with van der Waals surface area (Å²) in [6, 6.07) is 12.0. The van der Waals surface area contributed by atoms with Crippen molar-refractivity contribution in [3.8, 4) is 0 Å². The van der Waals surface area contributed by atoms with Crippen LogP contribution in [0.15, 0.2) is 62.7 Å². The predicted molar refractivity (Wildman–Crippen MR) is 149 cm³/mol. The predicted octanol–water partition coefficient (Wildman–Crippen LogP) is 4.74. The summed E-state index contributed by atoms with van der Waals surface area (Å²) in [5, 5.41) is 5.75. The minimum Gasteiger partial charge on any atom is -0.451 e. The van der Waals surface area contributed by atoms with E-state index in [0.717, 1.165) is 17.2 Å². The molecule has 1 aliphatic heterocycles. The molecule has 1 N–H and O–H groups in total. The smallest absolute Gasteiger partial charge is 0.259 e. The largest absolute Gasteiger partial charge is 0.451 e. The average molecular weight is 526 g/mol. The number of carbonyl (C=O) groups is 1. The van der Waals surface area contributed by atoms with Crippen molar-refractivity contribution < 1.29 is 18.3 Å². The van der Waals surface area contributed by atoms with Crippen LogP contribution in [0.5, 0.6) is 0 Å². The number of benzene rings is 3. The minimum absolute atomic E-state index is 0.0475. The molecule has 1 saturated heterocycles. The molecule has 0 spiro atoms. The number of fused-ring (bicyclic) bond motifs is 5. The molecule has 0 unspecified atom stereocenters. The Bertz CT molecular complexity index is 2070. The normalized spacial score (nSPS) is 14.4. The van der Waals surface area contributed by atoms with Gasteiger partial charge in [0.15, 0.2) is 22.4 Å². The van der Waals surface area contributed by atoms with E-state index >= 15 is 4.39 Å². The molecule has 2 aromatic heterocycles. The Labute approximate surface area is 220 Å². The second-order valence-corrected chi connectivity index (χ2v) is 9.87. The maximum absolute atomic E-state index is 15.5. The number of rotatable bonds is 4. The lowest BCUT2D eigenvalue weighted by molar-refractivity contribution is 0.0302. The molecule has 6 aromatic rings. The number of amides is 1. The van der Waals surface area contributed by atoms with Gasteiger partial charge in [-0.2, -0.15) is 0 Å². The topological polar surface area (TPSA) is 93.3 Å². The third-order valence-corrected chi connectivity index (χ3v) is 7.55. The van der Waals surface area contributed by atoms with E-state index < -0.39 is 17.2 Å². The Morgan fingerprint density at radius 3 is 2.51 bits per heavy atom. The van der Waals surface area contributed by atoms with Gasteiger partial charge in [0.25, 0.3) is 5.91 Å². The number of halogens is 1. The average Bonchev–Trinajstić information content (AvgIpc) is 3.24. The van der Waals surface area contributed by atoms with Crippen LogP contribution in [0.1, 0.15) is 23.7 Å². The number of anilines is 1. The van der Waals surface area contributed by atoms with Crippen LogP contribution < -0.4 is 16.2 Å². The van der Waals surface area contributed by atoms with Crippen LogP contribution in [-0.2, 0) is 4.74 Å². The fraction of sp³-hybridized carbons (Fsp3) is 0.233. The van der Waals surface area contributed by atoms with Crippen molar-refractivity contribution in [2.75, 3.05) is 38.2 Å². The number of nitrogens with zero attached hydrogens (tertiary/aromatic N) is 2. The quantitative estimate of drug-likeness (QED) is 0.264. The Morgan fingerprint density at radius 2 is 1.74 bits per heavy atom. The van der Waals surface area contributed by atoms with Crippen LogP contribution >= 0.6 is 0 Å². The molecule has 0 bridgehead atoms. The van der Waals surface area contributed by atoms with Gasteiger partial charge < -0.3 is 23.8 Å². The molecule has 0 aliphatic carbocycles.